The molecule has 0 spiro atoms. The van der Waals surface area contributed by atoms with E-state index in [1.54, 1.807) is 103 Å². The summed E-state index contributed by atoms with van der Waals surface area (Å²) in [6.45, 7) is 7.22. The Morgan fingerprint density at radius 1 is 0.329 bits per heavy atom. The van der Waals surface area contributed by atoms with Gasteiger partial charge in [-0.15, -0.1) is 0 Å². The number of benzene rings is 6. The maximum atomic E-state index is 12.8. The number of fused-ring (bicyclic) bond motifs is 2. The molecule has 0 amide bonds. The molecule has 0 bridgehead atoms. The third-order valence-electron chi connectivity index (χ3n) is 12.0. The molecular formula is C64H66Br2O16. The molecule has 0 aliphatic heterocycles. The normalized spacial score (nSPS) is 10.6. The fraction of sp³-hybridized carbons (Fsp3) is 0.312. The Labute approximate surface area is 493 Å². The van der Waals surface area contributed by atoms with Gasteiger partial charge in [-0.1, -0.05) is 82.1 Å². The molecular weight excluding hydrogens is 1180 g/mol. The van der Waals surface area contributed by atoms with Crippen LogP contribution in [-0.2, 0) is 38.2 Å². The lowest BCUT2D eigenvalue weighted by Crippen LogP contribution is -2.09. The summed E-state index contributed by atoms with van der Waals surface area (Å²) in [5, 5.41) is 5.08. The van der Waals surface area contributed by atoms with Gasteiger partial charge in [0, 0.05) is 48.5 Å². The Morgan fingerprint density at radius 3 is 0.939 bits per heavy atom. The molecule has 0 saturated carbocycles. The SMILES string of the molecule is C=CC(=O)OCCCCCC(=O)Oc1ccc(OC(=O)c2ccc3cc(OC(=O)CCCCCOC(=O)C=C)ccc3c2)cc1.O=C(CCCCCBr)Oc1ccc(OC(=O)c2ccc3cc(OC(=O)CCCCCBr)ccc3c2)cc1. The van der Waals surface area contributed by atoms with Gasteiger partial charge in [-0.2, -0.15) is 0 Å². The zero-order chi connectivity index (χ0) is 58.9. The summed E-state index contributed by atoms with van der Waals surface area (Å²) >= 11 is 6.75. The Balaban J connectivity index is 0.000000306. The van der Waals surface area contributed by atoms with Crippen LogP contribution >= 0.6 is 31.9 Å². The molecule has 0 heterocycles. The van der Waals surface area contributed by atoms with Crippen LogP contribution in [0.5, 0.6) is 34.5 Å². The van der Waals surface area contributed by atoms with Crippen LogP contribution in [0.4, 0.5) is 0 Å². The van der Waals surface area contributed by atoms with Gasteiger partial charge in [0.25, 0.3) is 0 Å². The van der Waals surface area contributed by atoms with E-state index in [1.165, 1.54) is 12.1 Å². The second-order valence-corrected chi connectivity index (χ2v) is 20.0. The molecule has 0 unspecified atom stereocenters. The van der Waals surface area contributed by atoms with Crippen LogP contribution < -0.4 is 28.4 Å². The summed E-state index contributed by atoms with van der Waals surface area (Å²) in [7, 11) is 0. The lowest BCUT2D eigenvalue weighted by Gasteiger charge is -2.09. The van der Waals surface area contributed by atoms with Crippen molar-refractivity contribution in [2.75, 3.05) is 23.9 Å². The van der Waals surface area contributed by atoms with Crippen LogP contribution in [0.15, 0.2) is 147 Å². The maximum absolute atomic E-state index is 12.8. The van der Waals surface area contributed by atoms with Gasteiger partial charge < -0.3 is 37.9 Å². The smallest absolute Gasteiger partial charge is 0.343 e. The second kappa shape index (κ2) is 36.4. The van der Waals surface area contributed by atoms with Gasteiger partial charge in [-0.05, 0) is 183 Å². The molecule has 432 valence electrons. The van der Waals surface area contributed by atoms with E-state index in [1.807, 2.05) is 6.07 Å². The van der Waals surface area contributed by atoms with Crippen molar-refractivity contribution in [1.82, 2.24) is 0 Å². The Bertz CT molecular complexity index is 3120. The first-order valence-corrected chi connectivity index (χ1v) is 29.2. The molecule has 0 atom stereocenters. The second-order valence-electron chi connectivity index (χ2n) is 18.4. The first-order valence-electron chi connectivity index (χ1n) is 27.0. The quantitative estimate of drug-likeness (QED) is 0.0126. The molecule has 0 aliphatic rings. The number of carbonyl (C=O) groups excluding carboxylic acids is 8. The highest BCUT2D eigenvalue weighted by molar-refractivity contribution is 9.09. The largest absolute Gasteiger partial charge is 0.463 e. The minimum atomic E-state index is -0.560. The van der Waals surface area contributed by atoms with E-state index in [0.717, 1.165) is 82.9 Å². The zero-order valence-electron chi connectivity index (χ0n) is 45.5. The van der Waals surface area contributed by atoms with Gasteiger partial charge in [0.2, 0.25) is 0 Å². The minimum Gasteiger partial charge on any atom is -0.463 e. The van der Waals surface area contributed by atoms with Crippen molar-refractivity contribution < 1.29 is 76.3 Å². The van der Waals surface area contributed by atoms with E-state index in [-0.39, 0.29) is 49.7 Å². The summed E-state index contributed by atoms with van der Waals surface area (Å²) in [5.74, 6) is -1.03. The minimum absolute atomic E-state index is 0.218. The van der Waals surface area contributed by atoms with E-state index in [2.05, 4.69) is 45.0 Å². The van der Waals surface area contributed by atoms with E-state index in [9.17, 15) is 38.4 Å². The van der Waals surface area contributed by atoms with Crippen LogP contribution in [0, 0.1) is 0 Å². The summed E-state index contributed by atoms with van der Waals surface area (Å²) in [4.78, 5) is 95.7. The number of rotatable bonds is 32. The van der Waals surface area contributed by atoms with Crippen LogP contribution in [0.2, 0.25) is 0 Å². The van der Waals surface area contributed by atoms with Gasteiger partial charge in [0.15, 0.2) is 0 Å². The van der Waals surface area contributed by atoms with Crippen molar-refractivity contribution in [3.63, 3.8) is 0 Å². The van der Waals surface area contributed by atoms with Gasteiger partial charge >= 0.3 is 47.8 Å². The van der Waals surface area contributed by atoms with E-state index >= 15 is 0 Å². The number of halogens is 2. The highest BCUT2D eigenvalue weighted by Gasteiger charge is 2.15. The fourth-order valence-corrected chi connectivity index (χ4v) is 8.48. The molecule has 0 saturated heterocycles. The summed E-state index contributed by atoms with van der Waals surface area (Å²) < 4.78 is 42.3. The number of alkyl halides is 2. The monoisotopic (exact) mass is 1250 g/mol. The molecule has 18 heteroatoms. The van der Waals surface area contributed by atoms with Crippen LogP contribution in [0.1, 0.15) is 123 Å². The van der Waals surface area contributed by atoms with Gasteiger partial charge in [-0.3, -0.25) is 19.2 Å². The van der Waals surface area contributed by atoms with Crippen molar-refractivity contribution in [1.29, 1.82) is 0 Å². The molecule has 0 fully saturated rings. The maximum Gasteiger partial charge on any atom is 0.343 e. The lowest BCUT2D eigenvalue weighted by atomic mass is 10.1. The third kappa shape index (κ3) is 24.4. The Hall–Kier alpha value is -7.96. The number of carbonyl (C=O) groups is 8. The Morgan fingerprint density at radius 2 is 0.610 bits per heavy atom. The van der Waals surface area contributed by atoms with E-state index < -0.39 is 29.8 Å². The molecule has 0 aliphatic carbocycles. The van der Waals surface area contributed by atoms with Crippen molar-refractivity contribution in [3.8, 4) is 34.5 Å². The van der Waals surface area contributed by atoms with Crippen LogP contribution in [-0.4, -0.2) is 71.6 Å². The zero-order valence-corrected chi connectivity index (χ0v) is 48.7. The first-order chi connectivity index (χ1) is 39.7. The highest BCUT2D eigenvalue weighted by atomic mass is 79.9. The number of esters is 8. The summed E-state index contributed by atoms with van der Waals surface area (Å²) in [6, 6.07) is 33.2. The van der Waals surface area contributed by atoms with Gasteiger partial charge in [0.1, 0.15) is 34.5 Å². The van der Waals surface area contributed by atoms with Crippen molar-refractivity contribution in [2.45, 2.75) is 103 Å². The van der Waals surface area contributed by atoms with E-state index in [0.29, 0.717) is 91.2 Å². The predicted molar refractivity (Wildman–Crippen MR) is 317 cm³/mol. The molecule has 6 aromatic carbocycles. The lowest BCUT2D eigenvalue weighted by molar-refractivity contribution is -0.138. The van der Waals surface area contributed by atoms with E-state index in [4.69, 9.17) is 37.9 Å². The van der Waals surface area contributed by atoms with Crippen LogP contribution in [0.3, 0.4) is 0 Å². The fourth-order valence-electron chi connectivity index (χ4n) is 7.68. The van der Waals surface area contributed by atoms with Gasteiger partial charge in [0.05, 0.1) is 24.3 Å². The molecule has 0 radical (unpaired) electrons. The molecule has 6 rings (SSSR count). The van der Waals surface area contributed by atoms with Gasteiger partial charge in [-0.25, -0.2) is 19.2 Å². The average molecular weight is 1250 g/mol. The van der Waals surface area contributed by atoms with Crippen LogP contribution in [0.25, 0.3) is 21.5 Å². The molecule has 82 heavy (non-hydrogen) atoms. The first kappa shape index (κ1) is 64.9. The topological polar surface area (TPSA) is 210 Å². The van der Waals surface area contributed by atoms with Crippen molar-refractivity contribution in [3.05, 3.63) is 158 Å². The summed E-state index contributed by atoms with van der Waals surface area (Å²) in [5.41, 5.74) is 0.726. The molecule has 0 N–H and O–H groups in total. The molecule has 0 aromatic heterocycles. The predicted octanol–water partition coefficient (Wildman–Crippen LogP) is 14.2. The van der Waals surface area contributed by atoms with Crippen molar-refractivity contribution in [2.24, 2.45) is 0 Å². The standard InChI is InChI=1S/C35H36O10.C29H30Br2O6/c1-3-31(36)41-21-9-5-7-11-33(38)43-28-17-19-29(20-18-28)45-35(40)27-14-13-26-24-30(16-15-25(26)23-27)44-34(39)12-8-6-10-22-42-32(37)4-2;30-17-5-1-3-7-27(32)35-24-13-15-25(16-14-24)37-29(34)23-10-9-22-20-26(12-11-21(22)19-23)36-28(33)8-4-2-6-18-31/h3-4,13-20,23-24H,1-2,5-12,21-22H2;9-16,19-20H,1-8,17-18H2. The number of unbranched alkanes of at least 4 members (excludes halogenated alkanes) is 8. The third-order valence-corrected chi connectivity index (χ3v) is 13.1. The number of hydrogen-bond donors (Lipinski definition) is 0. The summed E-state index contributed by atoms with van der Waals surface area (Å²) in [6.07, 6.45) is 12.9. The number of hydrogen-bond acceptors (Lipinski definition) is 16. The molecule has 16 nitrogen and oxygen atoms in total. The highest BCUT2D eigenvalue weighted by Crippen LogP contribution is 2.27. The number of ether oxygens (including phenoxy) is 8. The average Bonchev–Trinajstić information content (AvgIpc) is 3.54. The Kier molecular flexibility index (Phi) is 28.8. The van der Waals surface area contributed by atoms with Crippen molar-refractivity contribution >= 4 is 101 Å². The molecule has 6 aromatic rings.